The molecule has 5 heterocycles. The third-order valence-electron chi connectivity index (χ3n) is 13.5. The van der Waals surface area contributed by atoms with Gasteiger partial charge in [0.25, 0.3) is 12.3 Å². The van der Waals surface area contributed by atoms with E-state index in [1.54, 1.807) is 49.2 Å². The molecule has 1 atom stereocenters. The van der Waals surface area contributed by atoms with E-state index < -0.39 is 18.4 Å². The van der Waals surface area contributed by atoms with Crippen molar-refractivity contribution in [2.45, 2.75) is 103 Å². The highest BCUT2D eigenvalue weighted by Gasteiger charge is 2.35. The monoisotopic (exact) mass is 895 g/mol. The van der Waals surface area contributed by atoms with Crippen molar-refractivity contribution in [3.63, 3.8) is 0 Å². The van der Waals surface area contributed by atoms with Crippen molar-refractivity contribution in [1.82, 2.24) is 39.6 Å². The zero-order chi connectivity index (χ0) is 46.5. The Kier molecular flexibility index (Phi) is 14.7. The number of rotatable bonds is 12. The number of benzene rings is 2. The van der Waals surface area contributed by atoms with Crippen LogP contribution in [0.25, 0.3) is 11.1 Å². The van der Waals surface area contributed by atoms with Crippen LogP contribution in [0.15, 0.2) is 36.7 Å². The number of fused-ring (bicyclic) bond motifs is 3. The van der Waals surface area contributed by atoms with E-state index in [9.17, 15) is 37.5 Å². The fraction of sp³-hybridized carbons (Fsp3) is 0.500. The molecular formula is C48H59F2N9O6. The third-order valence-corrected chi connectivity index (χ3v) is 13.5. The molecule has 0 bridgehead atoms. The van der Waals surface area contributed by atoms with Crippen LogP contribution in [0.3, 0.4) is 0 Å². The highest BCUT2D eigenvalue weighted by molar-refractivity contribution is 6.03. The molecule has 1 saturated carbocycles. The van der Waals surface area contributed by atoms with Gasteiger partial charge in [-0.1, -0.05) is 0 Å². The van der Waals surface area contributed by atoms with Gasteiger partial charge in [0.05, 0.1) is 24.3 Å². The van der Waals surface area contributed by atoms with Crippen LogP contribution in [-0.4, -0.2) is 118 Å². The van der Waals surface area contributed by atoms with E-state index in [0.29, 0.717) is 55.6 Å². The Morgan fingerprint density at radius 1 is 0.938 bits per heavy atom. The molecule has 65 heavy (non-hydrogen) atoms. The number of alkyl halides is 2. The second-order valence-electron chi connectivity index (χ2n) is 17.7. The van der Waals surface area contributed by atoms with Gasteiger partial charge in [0.15, 0.2) is 12.1 Å². The molecule has 17 heteroatoms. The van der Waals surface area contributed by atoms with Crippen molar-refractivity contribution in [3.8, 4) is 11.1 Å². The Morgan fingerprint density at radius 2 is 1.71 bits per heavy atom. The van der Waals surface area contributed by atoms with Crippen molar-refractivity contribution in [2.75, 3.05) is 45.7 Å². The fourth-order valence-corrected chi connectivity index (χ4v) is 9.83. The number of carbonyl (C=O) groups excluding carboxylic acids is 6. The Labute approximate surface area is 378 Å². The number of aryl methyl sites for hydroxylation is 2. The van der Waals surface area contributed by atoms with Gasteiger partial charge < -0.3 is 34.5 Å². The summed E-state index contributed by atoms with van der Waals surface area (Å²) in [5.74, 6) is 0.154. The molecule has 1 aliphatic carbocycles. The summed E-state index contributed by atoms with van der Waals surface area (Å²) in [5.41, 5.74) is 7.81. The van der Waals surface area contributed by atoms with Crippen molar-refractivity contribution < 1.29 is 37.5 Å². The molecule has 1 N–H and O–H groups in total. The number of nitrogens with one attached hydrogen (secondary N) is 1. The van der Waals surface area contributed by atoms with Crippen LogP contribution in [0.5, 0.6) is 0 Å². The first-order valence-electron chi connectivity index (χ1n) is 22.5. The number of aromatic nitrogens is 4. The molecule has 3 amide bonds. The molecule has 346 valence electrons. The number of hydrogen-bond acceptors (Lipinski definition) is 10. The van der Waals surface area contributed by atoms with E-state index in [0.717, 1.165) is 104 Å². The van der Waals surface area contributed by atoms with E-state index in [4.69, 9.17) is 5.10 Å². The summed E-state index contributed by atoms with van der Waals surface area (Å²) in [6.07, 6.45) is 10.3. The largest absolute Gasteiger partial charge is 0.357 e. The second kappa shape index (κ2) is 20.4. The molecule has 4 aromatic rings. The minimum absolute atomic E-state index is 0.0144. The summed E-state index contributed by atoms with van der Waals surface area (Å²) in [4.78, 5) is 78.4. The van der Waals surface area contributed by atoms with Gasteiger partial charge in [-0.15, -0.1) is 0 Å². The molecule has 2 aromatic heterocycles. The standard InChI is InChI=1S/C29H34F2N6O2.C19H25N3O4/c1-18(39)35-11-9-26-25(16-35)29(33-37(26)22-7-5-19(17-38)6-8-22)36-10-3-4-20-12-23(21-14-32-34(2)15-21)24(28(30)31)13-27(20)36;1-20-18(25)17(5-4-8-23)22(3)19(26)16-10-14-11-21(2)7-6-13(14)9-15(16)12-24/h12-15,17,19,22,28H,3-11,16H2,1-2H3;8-10,12,17H,4-7,11H2,1-3H3,(H,20,25). The molecule has 1 unspecified atom stereocenters. The summed E-state index contributed by atoms with van der Waals surface area (Å²) < 4.78 is 32.6. The Morgan fingerprint density at radius 3 is 2.35 bits per heavy atom. The first-order valence-corrected chi connectivity index (χ1v) is 22.5. The molecule has 0 saturated heterocycles. The predicted octanol–water partition coefficient (Wildman–Crippen LogP) is 5.79. The lowest BCUT2D eigenvalue weighted by molar-refractivity contribution is -0.129. The van der Waals surface area contributed by atoms with Gasteiger partial charge in [0.1, 0.15) is 18.6 Å². The predicted molar refractivity (Wildman–Crippen MR) is 240 cm³/mol. The summed E-state index contributed by atoms with van der Waals surface area (Å²) >= 11 is 0. The molecule has 8 rings (SSSR count). The van der Waals surface area contributed by atoms with Crippen LogP contribution in [-0.2, 0) is 58.6 Å². The maximum absolute atomic E-state index is 14.4. The molecule has 0 spiro atoms. The van der Waals surface area contributed by atoms with Crippen molar-refractivity contribution in [3.05, 3.63) is 81.3 Å². The number of nitrogens with zero attached hydrogens (tertiary/aromatic N) is 8. The van der Waals surface area contributed by atoms with Crippen molar-refractivity contribution >= 4 is 48.1 Å². The molecule has 3 aliphatic heterocycles. The van der Waals surface area contributed by atoms with Gasteiger partial charge in [-0.05, 0) is 105 Å². The second-order valence-corrected chi connectivity index (χ2v) is 17.7. The average Bonchev–Trinajstić information content (AvgIpc) is 3.93. The van der Waals surface area contributed by atoms with Gasteiger partial charge in [-0.25, -0.2) is 8.78 Å². The van der Waals surface area contributed by atoms with Crippen LogP contribution >= 0.6 is 0 Å². The zero-order valence-electron chi connectivity index (χ0n) is 37.9. The van der Waals surface area contributed by atoms with E-state index in [-0.39, 0.29) is 47.7 Å². The Hall–Kier alpha value is -6.10. The van der Waals surface area contributed by atoms with E-state index in [2.05, 4.69) is 24.9 Å². The number of hydrogen-bond donors (Lipinski definition) is 1. The van der Waals surface area contributed by atoms with Gasteiger partial charge >= 0.3 is 0 Å². The van der Waals surface area contributed by atoms with Crippen molar-refractivity contribution in [2.24, 2.45) is 13.0 Å². The van der Waals surface area contributed by atoms with Crippen LogP contribution in [0.2, 0.25) is 0 Å². The number of halogens is 2. The van der Waals surface area contributed by atoms with Gasteiger partial charge in [0, 0.05) is 113 Å². The summed E-state index contributed by atoms with van der Waals surface area (Å²) in [6.45, 7) is 4.97. The van der Waals surface area contributed by atoms with E-state index in [1.165, 1.54) is 19.0 Å². The topological polar surface area (TPSA) is 163 Å². The normalized spacial score (nSPS) is 18.6. The summed E-state index contributed by atoms with van der Waals surface area (Å²) in [7, 11) is 6.79. The number of carbonyl (C=O) groups is 6. The number of anilines is 2. The summed E-state index contributed by atoms with van der Waals surface area (Å²) in [5, 5.41) is 11.9. The maximum Gasteiger partial charge on any atom is 0.264 e. The van der Waals surface area contributed by atoms with Crippen LogP contribution < -0.4 is 10.2 Å². The Bertz CT molecular complexity index is 2440. The number of aldehydes is 3. The quantitative estimate of drug-likeness (QED) is 0.172. The molecular weight excluding hydrogens is 837 g/mol. The van der Waals surface area contributed by atoms with E-state index in [1.807, 2.05) is 18.0 Å². The fourth-order valence-electron chi connectivity index (χ4n) is 9.83. The first kappa shape index (κ1) is 46.9. The third kappa shape index (κ3) is 9.94. The van der Waals surface area contributed by atoms with E-state index >= 15 is 0 Å². The van der Waals surface area contributed by atoms with Gasteiger partial charge in [-0.2, -0.15) is 10.2 Å². The number of amides is 3. The minimum Gasteiger partial charge on any atom is -0.357 e. The minimum atomic E-state index is -2.64. The molecule has 0 radical (unpaired) electrons. The lowest BCUT2D eigenvalue weighted by Crippen LogP contribution is -2.47. The molecule has 15 nitrogen and oxygen atoms in total. The van der Waals surface area contributed by atoms with Gasteiger partial charge in [-0.3, -0.25) is 28.5 Å². The highest BCUT2D eigenvalue weighted by atomic mass is 19.3. The lowest BCUT2D eigenvalue weighted by Gasteiger charge is -2.33. The average molecular weight is 896 g/mol. The smallest absolute Gasteiger partial charge is 0.264 e. The van der Waals surface area contributed by atoms with Crippen LogP contribution in [0.1, 0.15) is 119 Å². The SMILES string of the molecule is CC(=O)N1CCc2c(c(N3CCCc4cc(-c5cnn(C)c5)c(C(F)F)cc43)nn2C2CCC(C=O)CC2)C1.CNC(=O)C(CCC=O)N(C)C(=O)c1cc2c(cc1C=O)CCN(C)C2. The van der Waals surface area contributed by atoms with Gasteiger partial charge in [0.2, 0.25) is 11.8 Å². The lowest BCUT2D eigenvalue weighted by atomic mass is 9.87. The zero-order valence-corrected chi connectivity index (χ0v) is 37.9. The first-order chi connectivity index (χ1) is 31.3. The summed E-state index contributed by atoms with van der Waals surface area (Å²) in [6, 6.07) is 6.49. The van der Waals surface area contributed by atoms with Crippen molar-refractivity contribution in [1.29, 1.82) is 0 Å². The molecule has 1 fully saturated rings. The van der Waals surface area contributed by atoms with Crippen LogP contribution in [0.4, 0.5) is 20.3 Å². The number of likely N-dealkylation sites (N-methyl/N-ethyl adjacent to an activating group) is 3. The van der Waals surface area contributed by atoms with Crippen LogP contribution in [0, 0.1) is 5.92 Å². The maximum atomic E-state index is 14.4. The molecule has 2 aromatic carbocycles. The molecule has 4 aliphatic rings. The Balaban J connectivity index is 0.000000212. The highest BCUT2D eigenvalue weighted by Crippen LogP contribution is 2.44.